The van der Waals surface area contributed by atoms with Gasteiger partial charge in [-0.2, -0.15) is 0 Å². The second-order valence-electron chi connectivity index (χ2n) is 7.05. The minimum absolute atomic E-state index is 0.147. The van der Waals surface area contributed by atoms with Crippen LogP contribution in [0.1, 0.15) is 75.4 Å². The molecule has 1 aliphatic carbocycles. The Morgan fingerprint density at radius 1 is 1.15 bits per heavy atom. The molecule has 0 bridgehead atoms. The van der Waals surface area contributed by atoms with Crippen molar-refractivity contribution in [1.82, 2.24) is 10.3 Å². The van der Waals surface area contributed by atoms with E-state index in [1.54, 1.807) is 0 Å². The summed E-state index contributed by atoms with van der Waals surface area (Å²) in [6, 6.07) is 0. The fourth-order valence-electron chi connectivity index (χ4n) is 3.14. The lowest BCUT2D eigenvalue weighted by Crippen LogP contribution is -2.47. The Morgan fingerprint density at radius 3 is 2.30 bits per heavy atom. The van der Waals surface area contributed by atoms with E-state index in [0.29, 0.717) is 5.41 Å². The number of aryl methyl sites for hydroxylation is 2. The first kappa shape index (κ1) is 16.0. The van der Waals surface area contributed by atoms with Gasteiger partial charge in [-0.15, -0.1) is 11.3 Å². The van der Waals surface area contributed by atoms with Crippen LogP contribution in [0.5, 0.6) is 0 Å². The number of thiazole rings is 1. The number of rotatable bonds is 5. The predicted octanol–water partition coefficient (Wildman–Crippen LogP) is 4.81. The van der Waals surface area contributed by atoms with E-state index in [0.717, 1.165) is 13.0 Å². The van der Waals surface area contributed by atoms with Crippen molar-refractivity contribution in [2.24, 2.45) is 5.41 Å². The lowest BCUT2D eigenvalue weighted by molar-refractivity contribution is 0.134. The summed E-state index contributed by atoms with van der Waals surface area (Å²) in [6.07, 6.45) is 7.30. The van der Waals surface area contributed by atoms with Crippen LogP contribution in [0.2, 0.25) is 0 Å². The third kappa shape index (κ3) is 3.25. The minimum atomic E-state index is 0.147. The third-order valence-corrected chi connectivity index (χ3v) is 6.02. The van der Waals surface area contributed by atoms with E-state index in [4.69, 9.17) is 4.98 Å². The van der Waals surface area contributed by atoms with Crippen LogP contribution in [0.4, 0.5) is 0 Å². The van der Waals surface area contributed by atoms with Gasteiger partial charge in [0.2, 0.25) is 0 Å². The molecule has 2 nitrogen and oxygen atoms in total. The van der Waals surface area contributed by atoms with Gasteiger partial charge in [-0.05, 0) is 57.4 Å². The molecule has 3 heteroatoms. The molecule has 0 radical (unpaired) electrons. The maximum Gasteiger partial charge on any atom is 0.113 e. The summed E-state index contributed by atoms with van der Waals surface area (Å²) in [4.78, 5) is 6.39. The largest absolute Gasteiger partial charge is 0.305 e. The maximum atomic E-state index is 4.98. The average Bonchev–Trinajstić information content (AvgIpc) is 2.80. The zero-order valence-corrected chi connectivity index (χ0v) is 14.6. The van der Waals surface area contributed by atoms with E-state index in [9.17, 15) is 0 Å². The standard InChI is InChI=1S/C17H30N2S/c1-6-12-18-17(10-8-16(4,5)9-11-17)15-19-14(7-2)13(3)20-15/h18H,6-12H2,1-5H3. The second kappa shape index (κ2) is 6.15. The highest BCUT2D eigenvalue weighted by Crippen LogP contribution is 2.46. The van der Waals surface area contributed by atoms with E-state index < -0.39 is 0 Å². The van der Waals surface area contributed by atoms with Gasteiger partial charge in [0, 0.05) is 4.88 Å². The topological polar surface area (TPSA) is 24.9 Å². The van der Waals surface area contributed by atoms with Crippen LogP contribution in [0.3, 0.4) is 0 Å². The molecule has 0 spiro atoms. The summed E-state index contributed by atoms with van der Waals surface area (Å²) in [5.41, 5.74) is 1.94. The first-order chi connectivity index (χ1) is 9.42. The van der Waals surface area contributed by atoms with Crippen LogP contribution in [-0.4, -0.2) is 11.5 Å². The quantitative estimate of drug-likeness (QED) is 0.843. The molecular formula is C17H30N2S. The molecule has 0 amide bonds. The van der Waals surface area contributed by atoms with E-state index >= 15 is 0 Å². The van der Waals surface area contributed by atoms with Gasteiger partial charge in [0.25, 0.3) is 0 Å². The van der Waals surface area contributed by atoms with Crippen LogP contribution in [0.25, 0.3) is 0 Å². The summed E-state index contributed by atoms with van der Waals surface area (Å²) in [6.45, 7) is 12.6. The Kier molecular flexibility index (Phi) is 4.91. The van der Waals surface area contributed by atoms with Crippen molar-refractivity contribution in [1.29, 1.82) is 0 Å². The van der Waals surface area contributed by atoms with Crippen LogP contribution in [0, 0.1) is 12.3 Å². The van der Waals surface area contributed by atoms with Gasteiger partial charge in [0.15, 0.2) is 0 Å². The molecule has 1 N–H and O–H groups in total. The van der Waals surface area contributed by atoms with Crippen LogP contribution in [0.15, 0.2) is 0 Å². The molecule has 1 aliphatic rings. The summed E-state index contributed by atoms with van der Waals surface area (Å²) in [5, 5.41) is 5.19. The molecule has 1 heterocycles. The normalized spacial score (nSPS) is 21.1. The summed E-state index contributed by atoms with van der Waals surface area (Å²) in [5.74, 6) is 0. The van der Waals surface area contributed by atoms with Crippen LogP contribution < -0.4 is 5.32 Å². The zero-order valence-electron chi connectivity index (χ0n) is 13.8. The minimum Gasteiger partial charge on any atom is -0.305 e. The lowest BCUT2D eigenvalue weighted by atomic mass is 9.69. The number of nitrogens with zero attached hydrogens (tertiary/aromatic N) is 1. The smallest absolute Gasteiger partial charge is 0.113 e. The van der Waals surface area contributed by atoms with Crippen molar-refractivity contribution in [2.75, 3.05) is 6.54 Å². The molecule has 0 saturated heterocycles. The third-order valence-electron chi connectivity index (χ3n) is 4.81. The zero-order chi connectivity index (χ0) is 14.8. The summed E-state index contributed by atoms with van der Waals surface area (Å²) in [7, 11) is 0. The number of nitrogens with one attached hydrogen (secondary N) is 1. The fraction of sp³-hybridized carbons (Fsp3) is 0.824. The van der Waals surface area contributed by atoms with E-state index in [1.165, 1.54) is 47.7 Å². The molecule has 1 aromatic heterocycles. The van der Waals surface area contributed by atoms with Gasteiger partial charge >= 0.3 is 0 Å². The Bertz CT molecular complexity index is 438. The highest BCUT2D eigenvalue weighted by molar-refractivity contribution is 7.11. The summed E-state index contributed by atoms with van der Waals surface area (Å²) >= 11 is 1.92. The Morgan fingerprint density at radius 2 is 1.80 bits per heavy atom. The lowest BCUT2D eigenvalue weighted by Gasteiger charge is -2.43. The van der Waals surface area contributed by atoms with Crippen molar-refractivity contribution < 1.29 is 0 Å². The van der Waals surface area contributed by atoms with Gasteiger partial charge in [0.05, 0.1) is 11.2 Å². The van der Waals surface area contributed by atoms with E-state index in [-0.39, 0.29) is 5.54 Å². The van der Waals surface area contributed by atoms with Gasteiger partial charge < -0.3 is 5.32 Å². The first-order valence-corrected chi connectivity index (χ1v) is 8.96. The molecule has 0 atom stereocenters. The van der Waals surface area contributed by atoms with Crippen LogP contribution >= 0.6 is 11.3 Å². The Labute approximate surface area is 128 Å². The molecule has 1 saturated carbocycles. The van der Waals surface area contributed by atoms with Crippen molar-refractivity contribution >= 4 is 11.3 Å². The number of hydrogen-bond donors (Lipinski definition) is 1. The molecule has 2 rings (SSSR count). The Balaban J connectivity index is 2.27. The van der Waals surface area contributed by atoms with Gasteiger partial charge in [-0.25, -0.2) is 4.98 Å². The number of aromatic nitrogens is 1. The van der Waals surface area contributed by atoms with Crippen LogP contribution in [-0.2, 0) is 12.0 Å². The van der Waals surface area contributed by atoms with Gasteiger partial charge in [0.1, 0.15) is 5.01 Å². The highest BCUT2D eigenvalue weighted by Gasteiger charge is 2.41. The molecule has 0 unspecified atom stereocenters. The van der Waals surface area contributed by atoms with Crippen molar-refractivity contribution in [2.45, 2.75) is 78.7 Å². The van der Waals surface area contributed by atoms with E-state index in [2.05, 4.69) is 39.9 Å². The van der Waals surface area contributed by atoms with Crippen molar-refractivity contribution in [3.63, 3.8) is 0 Å². The molecule has 20 heavy (non-hydrogen) atoms. The molecule has 0 aromatic carbocycles. The van der Waals surface area contributed by atoms with Gasteiger partial charge in [-0.1, -0.05) is 27.7 Å². The number of hydrogen-bond acceptors (Lipinski definition) is 3. The van der Waals surface area contributed by atoms with Gasteiger partial charge in [-0.3, -0.25) is 0 Å². The first-order valence-electron chi connectivity index (χ1n) is 8.14. The van der Waals surface area contributed by atoms with E-state index in [1.807, 2.05) is 11.3 Å². The molecule has 114 valence electrons. The SMILES string of the molecule is CCCNC1(c2nc(CC)c(C)s2)CCC(C)(C)CC1. The Hall–Kier alpha value is -0.410. The monoisotopic (exact) mass is 294 g/mol. The summed E-state index contributed by atoms with van der Waals surface area (Å²) < 4.78 is 0. The predicted molar refractivity (Wildman–Crippen MR) is 88.4 cm³/mol. The second-order valence-corrected chi connectivity index (χ2v) is 8.25. The molecule has 1 fully saturated rings. The highest BCUT2D eigenvalue weighted by atomic mass is 32.1. The maximum absolute atomic E-state index is 4.98. The molecule has 0 aliphatic heterocycles. The average molecular weight is 295 g/mol. The molecular weight excluding hydrogens is 264 g/mol. The fourth-order valence-corrected chi connectivity index (χ4v) is 4.37. The van der Waals surface area contributed by atoms with Crippen molar-refractivity contribution in [3.05, 3.63) is 15.6 Å². The molecule has 1 aromatic rings. The van der Waals surface area contributed by atoms with Crippen molar-refractivity contribution in [3.8, 4) is 0 Å².